The van der Waals surface area contributed by atoms with Crippen molar-refractivity contribution in [2.24, 2.45) is 0 Å². The van der Waals surface area contributed by atoms with Crippen LogP contribution >= 0.6 is 0 Å². The number of hydrogen-bond donors (Lipinski definition) is 1. The highest BCUT2D eigenvalue weighted by Crippen LogP contribution is 2.27. The van der Waals surface area contributed by atoms with Gasteiger partial charge in [0.15, 0.2) is 0 Å². The second-order valence-corrected chi connectivity index (χ2v) is 12.0. The molecule has 0 fully saturated rings. The number of anilines is 1. The maximum Gasteiger partial charge on any atom is 0.244 e. The van der Waals surface area contributed by atoms with Crippen molar-refractivity contribution in [2.45, 2.75) is 73.0 Å². The molecule has 1 atom stereocenters. The van der Waals surface area contributed by atoms with Gasteiger partial charge in [-0.25, -0.2) is 8.42 Å². The molecule has 0 aliphatic carbocycles. The Labute approximate surface area is 210 Å². The average molecular weight is 502 g/mol. The molecule has 0 radical (unpaired) electrons. The van der Waals surface area contributed by atoms with Gasteiger partial charge in [-0.2, -0.15) is 0 Å². The van der Waals surface area contributed by atoms with Crippen molar-refractivity contribution in [3.05, 3.63) is 64.7 Å². The van der Waals surface area contributed by atoms with E-state index in [1.165, 1.54) is 4.90 Å². The van der Waals surface area contributed by atoms with E-state index in [-0.39, 0.29) is 12.5 Å². The number of nitrogens with zero attached hydrogens (tertiary/aromatic N) is 2. The fraction of sp³-hybridized carbons (Fsp3) is 0.481. The van der Waals surface area contributed by atoms with Gasteiger partial charge in [-0.05, 0) is 70.2 Å². The van der Waals surface area contributed by atoms with Gasteiger partial charge in [-0.3, -0.25) is 13.9 Å². The number of benzene rings is 2. The van der Waals surface area contributed by atoms with E-state index in [0.29, 0.717) is 12.1 Å². The highest BCUT2D eigenvalue weighted by atomic mass is 32.2. The van der Waals surface area contributed by atoms with Crippen LogP contribution in [0, 0.1) is 20.8 Å². The number of carbonyl (C=O) groups excluding carboxylic acids is 2. The monoisotopic (exact) mass is 501 g/mol. The lowest BCUT2D eigenvalue weighted by Gasteiger charge is -2.35. The molecule has 0 heterocycles. The first kappa shape index (κ1) is 28.4. The minimum atomic E-state index is -3.77. The first-order valence-electron chi connectivity index (χ1n) is 11.9. The molecular formula is C27H39N3O4S. The smallest absolute Gasteiger partial charge is 0.244 e. The zero-order valence-electron chi connectivity index (χ0n) is 22.2. The molecule has 8 heteroatoms. The third kappa shape index (κ3) is 7.56. The lowest BCUT2D eigenvalue weighted by molar-refractivity contribution is -0.141. The van der Waals surface area contributed by atoms with E-state index < -0.39 is 34.1 Å². The largest absolute Gasteiger partial charge is 0.350 e. The summed E-state index contributed by atoms with van der Waals surface area (Å²) < 4.78 is 26.8. The van der Waals surface area contributed by atoms with E-state index in [1.54, 1.807) is 0 Å². The molecule has 7 nitrogen and oxygen atoms in total. The van der Waals surface area contributed by atoms with Gasteiger partial charge in [0.1, 0.15) is 12.6 Å². The molecule has 2 aromatic rings. The van der Waals surface area contributed by atoms with Crippen LogP contribution in [0.2, 0.25) is 0 Å². The summed E-state index contributed by atoms with van der Waals surface area (Å²) in [5.74, 6) is -0.697. The van der Waals surface area contributed by atoms with Gasteiger partial charge in [-0.15, -0.1) is 0 Å². The molecule has 192 valence electrons. The Kier molecular flexibility index (Phi) is 9.11. The minimum absolute atomic E-state index is 0.200. The Morgan fingerprint density at radius 2 is 1.49 bits per heavy atom. The molecule has 2 amide bonds. The molecule has 0 spiro atoms. The summed E-state index contributed by atoms with van der Waals surface area (Å²) in [6, 6.07) is 12.4. The summed E-state index contributed by atoms with van der Waals surface area (Å²) in [7, 11) is -3.77. The number of hydrogen-bond acceptors (Lipinski definition) is 4. The van der Waals surface area contributed by atoms with Crippen LogP contribution in [-0.4, -0.2) is 49.5 Å². The summed E-state index contributed by atoms with van der Waals surface area (Å²) in [5, 5.41) is 2.97. The first-order chi connectivity index (χ1) is 16.2. The van der Waals surface area contributed by atoms with Crippen molar-refractivity contribution in [1.82, 2.24) is 10.2 Å². The maximum atomic E-state index is 13.8. The van der Waals surface area contributed by atoms with Crippen LogP contribution < -0.4 is 9.62 Å². The van der Waals surface area contributed by atoms with Gasteiger partial charge in [0, 0.05) is 12.1 Å². The number of para-hydroxylation sites is 1. The van der Waals surface area contributed by atoms with Gasteiger partial charge >= 0.3 is 0 Å². The zero-order valence-corrected chi connectivity index (χ0v) is 23.0. The maximum absolute atomic E-state index is 13.8. The lowest BCUT2D eigenvalue weighted by atomic mass is 10.0. The molecule has 2 rings (SSSR count). The summed E-state index contributed by atoms with van der Waals surface area (Å²) in [6.45, 7) is 12.9. The number of aryl methyl sites for hydroxylation is 3. The van der Waals surface area contributed by atoms with Gasteiger partial charge in [-0.1, -0.05) is 49.4 Å². The van der Waals surface area contributed by atoms with E-state index in [4.69, 9.17) is 0 Å². The number of rotatable bonds is 9. The van der Waals surface area contributed by atoms with Crippen LogP contribution in [0.3, 0.4) is 0 Å². The highest BCUT2D eigenvalue weighted by molar-refractivity contribution is 7.92. The Morgan fingerprint density at radius 1 is 0.943 bits per heavy atom. The third-order valence-corrected chi connectivity index (χ3v) is 6.97. The summed E-state index contributed by atoms with van der Waals surface area (Å²) >= 11 is 0. The van der Waals surface area contributed by atoms with Crippen molar-refractivity contribution < 1.29 is 18.0 Å². The van der Waals surface area contributed by atoms with Crippen molar-refractivity contribution in [1.29, 1.82) is 0 Å². The zero-order chi connectivity index (χ0) is 26.6. The number of nitrogens with one attached hydrogen (secondary N) is 1. The fourth-order valence-corrected chi connectivity index (χ4v) is 5.08. The lowest BCUT2D eigenvalue weighted by Crippen LogP contribution is -2.55. The topological polar surface area (TPSA) is 86.8 Å². The minimum Gasteiger partial charge on any atom is -0.350 e. The van der Waals surface area contributed by atoms with E-state index >= 15 is 0 Å². The molecule has 1 unspecified atom stereocenters. The molecule has 2 aromatic carbocycles. The first-order valence-corrected chi connectivity index (χ1v) is 13.7. The molecule has 0 aliphatic rings. The number of amides is 2. The van der Waals surface area contributed by atoms with Gasteiger partial charge < -0.3 is 10.2 Å². The highest BCUT2D eigenvalue weighted by Gasteiger charge is 2.33. The molecule has 1 N–H and O–H groups in total. The Morgan fingerprint density at radius 3 is 1.97 bits per heavy atom. The molecule has 0 bridgehead atoms. The van der Waals surface area contributed by atoms with Crippen LogP contribution in [0.5, 0.6) is 0 Å². The number of sulfonamides is 1. The molecule has 0 aromatic heterocycles. The molecule has 0 saturated carbocycles. The molecule has 0 aliphatic heterocycles. The third-order valence-electron chi connectivity index (χ3n) is 5.85. The van der Waals surface area contributed by atoms with E-state index in [1.807, 2.05) is 90.9 Å². The Bertz CT molecular complexity index is 1150. The summed E-state index contributed by atoms with van der Waals surface area (Å²) in [5.41, 5.74) is 3.43. The van der Waals surface area contributed by atoms with Crippen molar-refractivity contribution >= 4 is 27.5 Å². The fourth-order valence-electron chi connectivity index (χ4n) is 4.12. The van der Waals surface area contributed by atoms with Gasteiger partial charge in [0.05, 0.1) is 11.9 Å². The van der Waals surface area contributed by atoms with E-state index in [0.717, 1.165) is 32.8 Å². The molecular weight excluding hydrogens is 462 g/mol. The standard InChI is InChI=1S/C27H39N3O4S/c1-9-23(26(32)28-27(5,6)7)29(17-22-16-11-10-13-19(22)2)24(31)18-30(35(8,33)34)25-20(3)14-12-15-21(25)4/h10-16,23H,9,17-18H2,1-8H3,(H,28,32). The van der Waals surface area contributed by atoms with Crippen LogP contribution in [-0.2, 0) is 26.2 Å². The van der Waals surface area contributed by atoms with Gasteiger partial charge in [0.25, 0.3) is 0 Å². The van der Waals surface area contributed by atoms with Gasteiger partial charge in [0.2, 0.25) is 21.8 Å². The summed E-state index contributed by atoms with van der Waals surface area (Å²) in [4.78, 5) is 28.6. The van der Waals surface area contributed by atoms with Crippen molar-refractivity contribution in [3.8, 4) is 0 Å². The second-order valence-electron chi connectivity index (χ2n) is 10.1. The molecule has 0 saturated heterocycles. The normalized spacial score (nSPS) is 12.7. The Balaban J connectivity index is 2.53. The van der Waals surface area contributed by atoms with Crippen LogP contribution in [0.4, 0.5) is 5.69 Å². The predicted octanol–water partition coefficient (Wildman–Crippen LogP) is 4.10. The van der Waals surface area contributed by atoms with Crippen LogP contribution in [0.15, 0.2) is 42.5 Å². The second kappa shape index (κ2) is 11.2. The quantitative estimate of drug-likeness (QED) is 0.560. The SMILES string of the molecule is CCC(C(=O)NC(C)(C)C)N(Cc1ccccc1C)C(=O)CN(c1c(C)cccc1C)S(C)(=O)=O. The van der Waals surface area contributed by atoms with Crippen LogP contribution in [0.25, 0.3) is 0 Å². The van der Waals surface area contributed by atoms with E-state index in [9.17, 15) is 18.0 Å². The van der Waals surface area contributed by atoms with Crippen molar-refractivity contribution in [2.75, 3.05) is 17.1 Å². The average Bonchev–Trinajstić information content (AvgIpc) is 2.72. The Hall–Kier alpha value is -2.87. The van der Waals surface area contributed by atoms with Crippen LogP contribution in [0.1, 0.15) is 56.4 Å². The number of carbonyl (C=O) groups is 2. The summed E-state index contributed by atoms with van der Waals surface area (Å²) in [6.07, 6.45) is 1.49. The predicted molar refractivity (Wildman–Crippen MR) is 142 cm³/mol. The van der Waals surface area contributed by atoms with E-state index in [2.05, 4.69) is 5.32 Å². The molecule has 35 heavy (non-hydrogen) atoms. The van der Waals surface area contributed by atoms with Crippen molar-refractivity contribution in [3.63, 3.8) is 0 Å².